The van der Waals surface area contributed by atoms with Crippen molar-refractivity contribution in [3.05, 3.63) is 47.0 Å². The van der Waals surface area contributed by atoms with Crippen molar-refractivity contribution in [2.24, 2.45) is 0 Å². The average molecular weight is 368 g/mol. The van der Waals surface area contributed by atoms with Crippen molar-refractivity contribution in [2.75, 3.05) is 10.6 Å². The molecule has 1 aromatic carbocycles. The van der Waals surface area contributed by atoms with Crippen LogP contribution in [0.3, 0.4) is 0 Å². The van der Waals surface area contributed by atoms with Gasteiger partial charge in [-0.05, 0) is 50.2 Å². The van der Waals surface area contributed by atoms with E-state index in [1.807, 2.05) is 19.1 Å². The fourth-order valence-corrected chi connectivity index (χ4v) is 3.46. The molecule has 26 heavy (non-hydrogen) atoms. The van der Waals surface area contributed by atoms with Gasteiger partial charge in [-0.2, -0.15) is 5.10 Å². The molecule has 1 aliphatic heterocycles. The van der Waals surface area contributed by atoms with Gasteiger partial charge in [-0.1, -0.05) is 0 Å². The summed E-state index contributed by atoms with van der Waals surface area (Å²) in [5, 5.41) is 12.5. The predicted molar refractivity (Wildman–Crippen MR) is 99.8 cm³/mol. The van der Waals surface area contributed by atoms with Crippen LogP contribution in [0.2, 0.25) is 0 Å². The van der Waals surface area contributed by atoms with Crippen LogP contribution < -0.4 is 15.4 Å². The van der Waals surface area contributed by atoms with Crippen molar-refractivity contribution in [1.29, 1.82) is 0 Å². The number of H-pyrrole nitrogens is 1. The highest BCUT2D eigenvalue weighted by Gasteiger charge is 2.24. The molecular weight excluding hydrogens is 352 g/mol. The molecular formula is C18H16N4O3S. The van der Waals surface area contributed by atoms with Crippen LogP contribution in [0.25, 0.3) is 10.6 Å². The van der Waals surface area contributed by atoms with E-state index in [4.69, 9.17) is 4.74 Å². The molecule has 8 heteroatoms. The van der Waals surface area contributed by atoms with Crippen LogP contribution in [0.1, 0.15) is 22.3 Å². The zero-order chi connectivity index (χ0) is 18.3. The highest BCUT2D eigenvalue weighted by atomic mass is 32.1. The lowest BCUT2D eigenvalue weighted by atomic mass is 10.2. The number of thiophene rings is 1. The van der Waals surface area contributed by atoms with Gasteiger partial charge in [0.1, 0.15) is 5.75 Å². The number of aryl methyl sites for hydroxylation is 1. The second kappa shape index (κ2) is 6.30. The Kier molecular flexibility index (Phi) is 3.96. The Balaban J connectivity index is 1.51. The van der Waals surface area contributed by atoms with Crippen LogP contribution in [0.5, 0.6) is 5.75 Å². The first-order valence-electron chi connectivity index (χ1n) is 8.05. The maximum absolute atomic E-state index is 12.4. The van der Waals surface area contributed by atoms with Crippen LogP contribution in [0.15, 0.2) is 36.4 Å². The third-order valence-corrected chi connectivity index (χ3v) is 5.02. The molecule has 1 aliphatic rings. The number of amides is 2. The summed E-state index contributed by atoms with van der Waals surface area (Å²) in [5.41, 5.74) is 2.16. The highest BCUT2D eigenvalue weighted by Crippen LogP contribution is 2.32. The molecule has 3 N–H and O–H groups in total. The first-order valence-corrected chi connectivity index (χ1v) is 8.86. The topological polar surface area (TPSA) is 96.1 Å². The fourth-order valence-electron chi connectivity index (χ4n) is 2.63. The van der Waals surface area contributed by atoms with Crippen LogP contribution in [0, 0.1) is 6.92 Å². The molecule has 0 aliphatic carbocycles. The summed E-state index contributed by atoms with van der Waals surface area (Å²) in [5.74, 6) is 0.0199. The molecule has 3 aromatic rings. The zero-order valence-corrected chi connectivity index (χ0v) is 14.9. The largest absolute Gasteiger partial charge is 0.479 e. The van der Waals surface area contributed by atoms with Crippen LogP contribution in [-0.4, -0.2) is 28.1 Å². The normalized spacial score (nSPS) is 15.8. The number of carbonyl (C=O) groups excluding carboxylic acids is 2. The van der Waals surface area contributed by atoms with E-state index < -0.39 is 6.10 Å². The van der Waals surface area contributed by atoms with Gasteiger partial charge >= 0.3 is 0 Å². The van der Waals surface area contributed by atoms with Crippen molar-refractivity contribution < 1.29 is 14.3 Å². The Hall–Kier alpha value is -3.13. The number of aromatic amines is 1. The van der Waals surface area contributed by atoms with Crippen LogP contribution >= 0.6 is 11.3 Å². The summed E-state index contributed by atoms with van der Waals surface area (Å²) in [6, 6.07) is 10.8. The number of rotatable bonds is 3. The zero-order valence-electron chi connectivity index (χ0n) is 14.1. The number of fused-ring (bicyclic) bond motifs is 1. The molecule has 2 amide bonds. The summed E-state index contributed by atoms with van der Waals surface area (Å²) < 4.78 is 5.50. The fraction of sp³-hybridized carbons (Fsp3) is 0.167. The number of nitrogens with one attached hydrogen (secondary N) is 3. The number of aromatic nitrogens is 2. The number of ether oxygens (including phenoxy) is 1. The smallest absolute Gasteiger partial charge is 0.276 e. The summed E-state index contributed by atoms with van der Waals surface area (Å²) in [6.45, 7) is 3.70. The third kappa shape index (κ3) is 3.06. The van der Waals surface area contributed by atoms with Gasteiger partial charge in [0.25, 0.3) is 11.8 Å². The van der Waals surface area contributed by atoms with Crippen molar-refractivity contribution in [1.82, 2.24) is 10.2 Å². The minimum absolute atomic E-state index is 0.218. The number of hydrogen-bond donors (Lipinski definition) is 3. The molecule has 0 fully saturated rings. The molecule has 1 unspecified atom stereocenters. The summed E-state index contributed by atoms with van der Waals surface area (Å²) in [6.07, 6.45) is -0.536. The molecule has 132 valence electrons. The SMILES string of the molecule is Cc1ccc(-c2cc(C(=O)Nc3ccc4c(c3)NC(=O)C(C)O4)n[nH]2)s1. The summed E-state index contributed by atoms with van der Waals surface area (Å²) in [7, 11) is 0. The number of anilines is 2. The second-order valence-electron chi connectivity index (χ2n) is 5.99. The minimum Gasteiger partial charge on any atom is -0.479 e. The first kappa shape index (κ1) is 16.3. The lowest BCUT2D eigenvalue weighted by Crippen LogP contribution is -2.34. The number of hydrogen-bond acceptors (Lipinski definition) is 5. The molecule has 1 atom stereocenters. The Bertz CT molecular complexity index is 1010. The van der Waals surface area contributed by atoms with Gasteiger partial charge in [-0.15, -0.1) is 11.3 Å². The Morgan fingerprint density at radius 1 is 1.27 bits per heavy atom. The third-order valence-electron chi connectivity index (χ3n) is 3.98. The minimum atomic E-state index is -0.536. The maximum Gasteiger partial charge on any atom is 0.276 e. The quantitative estimate of drug-likeness (QED) is 0.660. The maximum atomic E-state index is 12.4. The van der Waals surface area contributed by atoms with Gasteiger partial charge in [0.2, 0.25) is 0 Å². The van der Waals surface area contributed by atoms with E-state index in [1.54, 1.807) is 42.5 Å². The number of benzene rings is 1. The van der Waals surface area contributed by atoms with Gasteiger partial charge in [0.05, 0.1) is 16.3 Å². The van der Waals surface area contributed by atoms with Crippen LogP contribution in [-0.2, 0) is 4.79 Å². The Morgan fingerprint density at radius 3 is 2.88 bits per heavy atom. The lowest BCUT2D eigenvalue weighted by Gasteiger charge is -2.23. The molecule has 0 bridgehead atoms. The molecule has 7 nitrogen and oxygen atoms in total. The molecule has 0 radical (unpaired) electrons. The van der Waals surface area contributed by atoms with Crippen molar-refractivity contribution in [3.63, 3.8) is 0 Å². The van der Waals surface area contributed by atoms with Crippen molar-refractivity contribution >= 4 is 34.5 Å². The molecule has 0 spiro atoms. The van der Waals surface area contributed by atoms with E-state index >= 15 is 0 Å². The first-order chi connectivity index (χ1) is 12.5. The monoisotopic (exact) mass is 368 g/mol. The predicted octanol–water partition coefficient (Wildman–Crippen LogP) is 3.42. The van der Waals surface area contributed by atoms with E-state index in [1.165, 1.54) is 4.88 Å². The summed E-state index contributed by atoms with van der Waals surface area (Å²) in [4.78, 5) is 26.4. The standard InChI is InChI=1S/C18H16N4O3S/c1-9-3-6-16(26-9)13-8-14(22-21-13)18(24)19-11-4-5-15-12(7-11)20-17(23)10(2)25-15/h3-8,10H,1-2H3,(H,19,24)(H,20,23)(H,21,22). The Morgan fingerprint density at radius 2 is 2.12 bits per heavy atom. The van der Waals surface area contributed by atoms with E-state index in [2.05, 4.69) is 20.8 Å². The van der Waals surface area contributed by atoms with Gasteiger partial charge in [-0.25, -0.2) is 0 Å². The summed E-state index contributed by atoms with van der Waals surface area (Å²) >= 11 is 1.63. The van der Waals surface area contributed by atoms with E-state index in [-0.39, 0.29) is 17.5 Å². The van der Waals surface area contributed by atoms with E-state index in [0.717, 1.165) is 10.6 Å². The molecule has 2 aromatic heterocycles. The van der Waals surface area contributed by atoms with E-state index in [9.17, 15) is 9.59 Å². The van der Waals surface area contributed by atoms with Gasteiger partial charge < -0.3 is 15.4 Å². The van der Waals surface area contributed by atoms with Gasteiger partial charge in [-0.3, -0.25) is 14.7 Å². The molecule has 0 saturated carbocycles. The number of nitrogens with zero attached hydrogens (tertiary/aromatic N) is 1. The van der Waals surface area contributed by atoms with Crippen LogP contribution in [0.4, 0.5) is 11.4 Å². The average Bonchev–Trinajstić information content (AvgIpc) is 3.25. The van der Waals surface area contributed by atoms with Gasteiger partial charge in [0, 0.05) is 10.6 Å². The highest BCUT2D eigenvalue weighted by molar-refractivity contribution is 7.15. The molecule has 4 rings (SSSR count). The Labute approximate surface area is 153 Å². The van der Waals surface area contributed by atoms with E-state index in [0.29, 0.717) is 17.1 Å². The molecule has 3 heterocycles. The van der Waals surface area contributed by atoms with Gasteiger partial charge in [0.15, 0.2) is 11.8 Å². The van der Waals surface area contributed by atoms with Crippen molar-refractivity contribution in [3.8, 4) is 16.3 Å². The molecule has 0 saturated heterocycles. The van der Waals surface area contributed by atoms with Crippen molar-refractivity contribution in [2.45, 2.75) is 20.0 Å². The number of carbonyl (C=O) groups is 2. The lowest BCUT2D eigenvalue weighted by molar-refractivity contribution is -0.122. The second-order valence-corrected chi connectivity index (χ2v) is 7.28.